The molecule has 0 bridgehead atoms. The van der Waals surface area contributed by atoms with Crippen molar-refractivity contribution in [2.45, 2.75) is 25.6 Å². The quantitative estimate of drug-likeness (QED) is 0.794. The molecular formula is C10H14ClNOS. The van der Waals surface area contributed by atoms with E-state index in [1.165, 1.54) is 4.88 Å². The van der Waals surface area contributed by atoms with Gasteiger partial charge in [0.25, 0.3) is 0 Å². The van der Waals surface area contributed by atoms with Crippen molar-refractivity contribution in [1.29, 1.82) is 0 Å². The maximum Gasteiger partial charge on any atom is 0.243 e. The normalized spacial score (nSPS) is 12.5. The van der Waals surface area contributed by atoms with E-state index in [4.69, 9.17) is 11.6 Å². The third-order valence-corrected chi connectivity index (χ3v) is 3.42. The molecule has 2 nitrogen and oxygen atoms in total. The van der Waals surface area contributed by atoms with Crippen LogP contribution in [0, 0.1) is 6.92 Å². The van der Waals surface area contributed by atoms with Crippen LogP contribution in [-0.4, -0.2) is 12.5 Å². The Kier molecular flexibility index (Phi) is 4.42. The first-order valence-electron chi connectivity index (χ1n) is 4.63. The minimum absolute atomic E-state index is 0.102. The molecule has 1 heterocycles. The van der Waals surface area contributed by atoms with E-state index in [2.05, 4.69) is 5.32 Å². The highest BCUT2D eigenvalue weighted by atomic mass is 35.5. The van der Waals surface area contributed by atoms with Crippen molar-refractivity contribution in [3.63, 3.8) is 0 Å². The molecule has 0 saturated carbocycles. The fraction of sp³-hybridized carbons (Fsp3) is 0.500. The van der Waals surface area contributed by atoms with Crippen LogP contribution in [0.15, 0.2) is 12.1 Å². The second-order valence-electron chi connectivity index (χ2n) is 3.10. The van der Waals surface area contributed by atoms with Crippen molar-refractivity contribution < 1.29 is 4.79 Å². The Labute approximate surface area is 93.3 Å². The first kappa shape index (κ1) is 11.5. The van der Waals surface area contributed by atoms with Gasteiger partial charge in [-0.3, -0.25) is 4.79 Å². The zero-order valence-electron chi connectivity index (χ0n) is 8.34. The predicted molar refractivity (Wildman–Crippen MR) is 61.0 cm³/mol. The molecule has 1 rings (SSSR count). The van der Waals surface area contributed by atoms with Gasteiger partial charge in [-0.15, -0.1) is 22.9 Å². The number of amides is 1. The van der Waals surface area contributed by atoms with E-state index < -0.39 is 5.38 Å². The Balaban J connectivity index is 2.56. The van der Waals surface area contributed by atoms with Gasteiger partial charge in [-0.2, -0.15) is 0 Å². The van der Waals surface area contributed by atoms with Crippen molar-refractivity contribution >= 4 is 28.8 Å². The van der Waals surface area contributed by atoms with Crippen LogP contribution in [0.1, 0.15) is 28.5 Å². The van der Waals surface area contributed by atoms with Crippen LogP contribution < -0.4 is 5.32 Å². The van der Waals surface area contributed by atoms with E-state index in [0.717, 1.165) is 11.3 Å². The zero-order chi connectivity index (χ0) is 10.6. The molecule has 0 aliphatic carbocycles. The van der Waals surface area contributed by atoms with Crippen molar-refractivity contribution in [2.75, 3.05) is 6.54 Å². The van der Waals surface area contributed by atoms with Gasteiger partial charge in [0.05, 0.1) is 0 Å². The summed E-state index contributed by atoms with van der Waals surface area (Å²) in [4.78, 5) is 13.6. The molecular weight excluding hydrogens is 218 g/mol. The van der Waals surface area contributed by atoms with E-state index >= 15 is 0 Å². The molecule has 0 aliphatic heterocycles. The van der Waals surface area contributed by atoms with Crippen LogP contribution in [-0.2, 0) is 4.79 Å². The lowest BCUT2D eigenvalue weighted by molar-refractivity contribution is -0.120. The predicted octanol–water partition coefficient (Wildman–Crippen LogP) is 2.86. The first-order chi connectivity index (χ1) is 6.65. The van der Waals surface area contributed by atoms with E-state index in [1.54, 1.807) is 11.3 Å². The van der Waals surface area contributed by atoms with Crippen LogP contribution in [0.25, 0.3) is 0 Å². The Bertz CT molecular complexity index is 311. The third-order valence-electron chi connectivity index (χ3n) is 1.79. The van der Waals surface area contributed by atoms with Crippen molar-refractivity contribution in [3.05, 3.63) is 21.9 Å². The van der Waals surface area contributed by atoms with Gasteiger partial charge >= 0.3 is 0 Å². The van der Waals surface area contributed by atoms with E-state index in [0.29, 0.717) is 6.54 Å². The topological polar surface area (TPSA) is 29.1 Å². The lowest BCUT2D eigenvalue weighted by Gasteiger charge is -2.07. The summed E-state index contributed by atoms with van der Waals surface area (Å²) < 4.78 is 0. The summed E-state index contributed by atoms with van der Waals surface area (Å²) in [6.45, 7) is 4.70. The van der Waals surface area contributed by atoms with Gasteiger partial charge in [0.2, 0.25) is 5.91 Å². The van der Waals surface area contributed by atoms with Crippen LogP contribution in [0.2, 0.25) is 0 Å². The van der Waals surface area contributed by atoms with Gasteiger partial charge in [-0.25, -0.2) is 0 Å². The molecule has 1 aromatic heterocycles. The average Bonchev–Trinajstić information content (AvgIpc) is 2.60. The Morgan fingerprint density at radius 2 is 2.36 bits per heavy atom. The Morgan fingerprint density at radius 3 is 2.86 bits per heavy atom. The third kappa shape index (κ3) is 3.00. The van der Waals surface area contributed by atoms with Gasteiger partial charge in [-0.05, 0) is 25.5 Å². The molecule has 0 aliphatic rings. The highest BCUT2D eigenvalue weighted by Gasteiger charge is 2.18. The largest absolute Gasteiger partial charge is 0.355 e. The highest BCUT2D eigenvalue weighted by Crippen LogP contribution is 2.27. The van der Waals surface area contributed by atoms with E-state index in [-0.39, 0.29) is 5.91 Å². The Morgan fingerprint density at radius 1 is 1.64 bits per heavy atom. The summed E-state index contributed by atoms with van der Waals surface area (Å²) in [5, 5.41) is 2.23. The van der Waals surface area contributed by atoms with Gasteiger partial charge in [0, 0.05) is 16.3 Å². The lowest BCUT2D eigenvalue weighted by atomic mass is 10.3. The highest BCUT2D eigenvalue weighted by molar-refractivity contribution is 7.12. The summed E-state index contributed by atoms with van der Waals surface area (Å²) in [5.74, 6) is -0.102. The average molecular weight is 232 g/mol. The molecule has 0 spiro atoms. The monoisotopic (exact) mass is 231 g/mol. The number of nitrogens with one attached hydrogen (secondary N) is 1. The van der Waals surface area contributed by atoms with Crippen LogP contribution in [0.4, 0.5) is 0 Å². The second-order valence-corrected chi connectivity index (χ2v) is 4.86. The number of aryl methyl sites for hydroxylation is 1. The molecule has 1 unspecified atom stereocenters. The number of hydrogen-bond donors (Lipinski definition) is 1. The van der Waals surface area contributed by atoms with E-state index in [9.17, 15) is 4.79 Å². The minimum atomic E-state index is -0.541. The van der Waals surface area contributed by atoms with Gasteiger partial charge in [0.1, 0.15) is 5.38 Å². The smallest absolute Gasteiger partial charge is 0.243 e. The molecule has 78 valence electrons. The minimum Gasteiger partial charge on any atom is -0.355 e. The number of hydrogen-bond acceptors (Lipinski definition) is 2. The summed E-state index contributed by atoms with van der Waals surface area (Å²) >= 11 is 7.57. The molecule has 0 fully saturated rings. The van der Waals surface area contributed by atoms with Gasteiger partial charge in [-0.1, -0.05) is 6.92 Å². The first-order valence-corrected chi connectivity index (χ1v) is 5.88. The molecule has 1 aromatic rings. The molecule has 1 N–H and O–H groups in total. The summed E-state index contributed by atoms with van der Waals surface area (Å²) in [5.41, 5.74) is 0. The van der Waals surface area contributed by atoms with Crippen LogP contribution >= 0.6 is 22.9 Å². The SMILES string of the molecule is CCCNC(=O)C(Cl)c1ccc(C)s1. The number of carbonyl (C=O) groups is 1. The molecule has 0 saturated heterocycles. The summed E-state index contributed by atoms with van der Waals surface area (Å²) in [6.07, 6.45) is 0.929. The number of carbonyl (C=O) groups excluding carboxylic acids is 1. The molecule has 4 heteroatoms. The molecule has 14 heavy (non-hydrogen) atoms. The zero-order valence-corrected chi connectivity index (χ0v) is 9.91. The Hall–Kier alpha value is -0.540. The fourth-order valence-corrected chi connectivity index (χ4v) is 2.19. The molecule has 1 amide bonds. The molecule has 0 aromatic carbocycles. The van der Waals surface area contributed by atoms with E-state index in [1.807, 2.05) is 26.0 Å². The standard InChI is InChI=1S/C10H14ClNOS/c1-3-6-12-10(13)9(11)8-5-4-7(2)14-8/h4-5,9H,3,6H2,1-2H3,(H,12,13). The number of alkyl halides is 1. The van der Waals surface area contributed by atoms with Crippen LogP contribution in [0.3, 0.4) is 0 Å². The number of halogens is 1. The maximum absolute atomic E-state index is 11.5. The van der Waals surface area contributed by atoms with Gasteiger partial charge < -0.3 is 5.32 Å². The lowest BCUT2D eigenvalue weighted by Crippen LogP contribution is -2.27. The molecule has 0 radical (unpaired) electrons. The van der Waals surface area contributed by atoms with Crippen molar-refractivity contribution in [1.82, 2.24) is 5.32 Å². The number of rotatable bonds is 4. The fourth-order valence-electron chi connectivity index (χ4n) is 1.06. The second kappa shape index (κ2) is 5.37. The van der Waals surface area contributed by atoms with Gasteiger partial charge in [0.15, 0.2) is 0 Å². The van der Waals surface area contributed by atoms with Crippen LogP contribution in [0.5, 0.6) is 0 Å². The number of thiophene rings is 1. The summed E-state index contributed by atoms with van der Waals surface area (Å²) in [6, 6.07) is 3.88. The van der Waals surface area contributed by atoms with Crippen molar-refractivity contribution in [2.24, 2.45) is 0 Å². The summed E-state index contributed by atoms with van der Waals surface area (Å²) in [7, 11) is 0. The molecule has 1 atom stereocenters. The maximum atomic E-state index is 11.5. The van der Waals surface area contributed by atoms with Crippen molar-refractivity contribution in [3.8, 4) is 0 Å².